The molecule has 0 saturated carbocycles. The molecule has 1 unspecified atom stereocenters. The van der Waals surface area contributed by atoms with Crippen LogP contribution in [0.25, 0.3) is 0 Å². The summed E-state index contributed by atoms with van der Waals surface area (Å²) < 4.78 is 0. The summed E-state index contributed by atoms with van der Waals surface area (Å²) >= 11 is 0. The van der Waals surface area contributed by atoms with Crippen molar-refractivity contribution in [2.45, 2.75) is 32.6 Å². The summed E-state index contributed by atoms with van der Waals surface area (Å²) in [7, 11) is 0. The van der Waals surface area contributed by atoms with Crippen LogP contribution in [0.15, 0.2) is 0 Å². The number of carbonyl (C=O) groups excluding carboxylic acids is 1. The topological polar surface area (TPSA) is 35.6 Å². The third kappa shape index (κ3) is 3.95. The zero-order chi connectivity index (χ0) is 12.8. The molecule has 1 amide bonds. The normalized spacial score (nSPS) is 27.3. The van der Waals surface area contributed by atoms with E-state index in [2.05, 4.69) is 15.1 Å². The summed E-state index contributed by atoms with van der Waals surface area (Å²) in [5, 5.41) is 3.32. The number of piperidine rings is 1. The number of carbonyl (C=O) groups is 1. The molecule has 2 saturated heterocycles. The van der Waals surface area contributed by atoms with E-state index < -0.39 is 0 Å². The van der Waals surface area contributed by atoms with Gasteiger partial charge in [0.1, 0.15) is 0 Å². The van der Waals surface area contributed by atoms with Gasteiger partial charge in [-0.25, -0.2) is 0 Å². The first kappa shape index (κ1) is 13.8. The van der Waals surface area contributed by atoms with E-state index in [0.29, 0.717) is 5.91 Å². The molecule has 4 heteroatoms. The molecule has 1 atom stereocenters. The van der Waals surface area contributed by atoms with Gasteiger partial charge in [0, 0.05) is 32.1 Å². The Labute approximate surface area is 111 Å². The van der Waals surface area contributed by atoms with Gasteiger partial charge in [-0.3, -0.25) is 4.79 Å². The zero-order valence-electron chi connectivity index (χ0n) is 11.7. The average molecular weight is 253 g/mol. The lowest BCUT2D eigenvalue weighted by Gasteiger charge is -2.28. The van der Waals surface area contributed by atoms with Gasteiger partial charge in [-0.2, -0.15) is 0 Å². The highest BCUT2D eigenvalue weighted by Crippen LogP contribution is 2.10. The Balaban J connectivity index is 1.69. The summed E-state index contributed by atoms with van der Waals surface area (Å²) in [6.07, 6.45) is 5.22. The van der Waals surface area contributed by atoms with Gasteiger partial charge in [-0.15, -0.1) is 0 Å². The van der Waals surface area contributed by atoms with Crippen LogP contribution in [-0.2, 0) is 4.79 Å². The van der Waals surface area contributed by atoms with Gasteiger partial charge < -0.3 is 15.1 Å². The van der Waals surface area contributed by atoms with Crippen molar-refractivity contribution < 1.29 is 4.79 Å². The SMILES string of the molecule is CC1CNCCN(CCCN2CCCCC2)C1=O. The standard InChI is InChI=1S/C14H27N3O/c1-13-12-15-6-11-17(14(13)18)10-5-9-16-7-3-2-4-8-16/h13,15H,2-12H2,1H3. The van der Waals surface area contributed by atoms with E-state index in [1.807, 2.05) is 6.92 Å². The molecule has 0 bridgehead atoms. The number of amides is 1. The van der Waals surface area contributed by atoms with Crippen LogP contribution in [0.3, 0.4) is 0 Å². The summed E-state index contributed by atoms with van der Waals surface area (Å²) in [6.45, 7) is 9.29. The van der Waals surface area contributed by atoms with Gasteiger partial charge in [0.2, 0.25) is 5.91 Å². The maximum Gasteiger partial charge on any atom is 0.226 e. The molecule has 2 aliphatic rings. The van der Waals surface area contributed by atoms with Crippen molar-refractivity contribution in [3.8, 4) is 0 Å². The van der Waals surface area contributed by atoms with E-state index in [1.54, 1.807) is 0 Å². The Kier molecular flexibility index (Phi) is 5.45. The molecule has 2 rings (SSSR count). The fourth-order valence-electron chi connectivity index (χ4n) is 2.93. The largest absolute Gasteiger partial charge is 0.341 e. The number of hydrogen-bond donors (Lipinski definition) is 1. The molecular formula is C14H27N3O. The van der Waals surface area contributed by atoms with Gasteiger partial charge in [0.25, 0.3) is 0 Å². The molecule has 2 fully saturated rings. The van der Waals surface area contributed by atoms with Crippen molar-refractivity contribution in [1.29, 1.82) is 0 Å². The molecule has 1 N–H and O–H groups in total. The van der Waals surface area contributed by atoms with Crippen molar-refractivity contribution >= 4 is 5.91 Å². The van der Waals surface area contributed by atoms with E-state index in [4.69, 9.17) is 0 Å². The quantitative estimate of drug-likeness (QED) is 0.809. The van der Waals surface area contributed by atoms with E-state index in [0.717, 1.165) is 39.1 Å². The molecule has 2 heterocycles. The van der Waals surface area contributed by atoms with Crippen LogP contribution in [-0.4, -0.2) is 61.5 Å². The van der Waals surface area contributed by atoms with E-state index in [-0.39, 0.29) is 5.92 Å². The first-order valence-corrected chi connectivity index (χ1v) is 7.49. The second-order valence-electron chi connectivity index (χ2n) is 5.69. The maximum absolute atomic E-state index is 12.1. The summed E-state index contributed by atoms with van der Waals surface area (Å²) in [5.41, 5.74) is 0. The van der Waals surface area contributed by atoms with Gasteiger partial charge in [0.05, 0.1) is 0 Å². The number of likely N-dealkylation sites (tertiary alicyclic amines) is 1. The van der Waals surface area contributed by atoms with Crippen molar-refractivity contribution in [2.24, 2.45) is 5.92 Å². The predicted molar refractivity (Wildman–Crippen MR) is 73.5 cm³/mol. The van der Waals surface area contributed by atoms with Crippen LogP contribution in [0.4, 0.5) is 0 Å². The van der Waals surface area contributed by atoms with Gasteiger partial charge in [-0.05, 0) is 38.9 Å². The van der Waals surface area contributed by atoms with Crippen molar-refractivity contribution in [2.75, 3.05) is 45.8 Å². The molecule has 0 aromatic heterocycles. The summed E-state index contributed by atoms with van der Waals surface area (Å²) in [6, 6.07) is 0. The molecule has 2 aliphatic heterocycles. The van der Waals surface area contributed by atoms with Crippen LogP contribution in [0.5, 0.6) is 0 Å². The fourth-order valence-corrected chi connectivity index (χ4v) is 2.93. The van der Waals surface area contributed by atoms with Crippen LogP contribution in [0.2, 0.25) is 0 Å². The van der Waals surface area contributed by atoms with E-state index in [1.165, 1.54) is 32.4 Å². The molecule has 0 radical (unpaired) electrons. The molecular weight excluding hydrogens is 226 g/mol. The number of nitrogens with zero attached hydrogens (tertiary/aromatic N) is 2. The second kappa shape index (κ2) is 7.10. The monoisotopic (exact) mass is 253 g/mol. The number of hydrogen-bond acceptors (Lipinski definition) is 3. The lowest BCUT2D eigenvalue weighted by atomic mass is 10.1. The predicted octanol–water partition coefficient (Wildman–Crippen LogP) is 0.930. The zero-order valence-corrected chi connectivity index (χ0v) is 11.7. The van der Waals surface area contributed by atoms with E-state index in [9.17, 15) is 4.79 Å². The van der Waals surface area contributed by atoms with Crippen molar-refractivity contribution in [1.82, 2.24) is 15.1 Å². The van der Waals surface area contributed by atoms with E-state index >= 15 is 0 Å². The minimum Gasteiger partial charge on any atom is -0.341 e. The van der Waals surface area contributed by atoms with Crippen LogP contribution >= 0.6 is 0 Å². The second-order valence-corrected chi connectivity index (χ2v) is 5.69. The van der Waals surface area contributed by atoms with Gasteiger partial charge in [0.15, 0.2) is 0 Å². The fraction of sp³-hybridized carbons (Fsp3) is 0.929. The summed E-state index contributed by atoms with van der Waals surface area (Å²) in [4.78, 5) is 16.7. The maximum atomic E-state index is 12.1. The van der Waals surface area contributed by atoms with Crippen LogP contribution in [0, 0.1) is 5.92 Å². The molecule has 0 aromatic rings. The highest BCUT2D eigenvalue weighted by molar-refractivity contribution is 5.79. The molecule has 0 aliphatic carbocycles. The molecule has 0 aromatic carbocycles. The number of nitrogens with one attached hydrogen (secondary N) is 1. The minimum atomic E-state index is 0.141. The summed E-state index contributed by atoms with van der Waals surface area (Å²) in [5.74, 6) is 0.473. The molecule has 18 heavy (non-hydrogen) atoms. The Morgan fingerprint density at radius 1 is 1.17 bits per heavy atom. The Morgan fingerprint density at radius 3 is 2.72 bits per heavy atom. The Bertz CT molecular complexity index is 264. The van der Waals surface area contributed by atoms with Gasteiger partial charge in [-0.1, -0.05) is 13.3 Å². The van der Waals surface area contributed by atoms with Crippen molar-refractivity contribution in [3.63, 3.8) is 0 Å². The van der Waals surface area contributed by atoms with Crippen molar-refractivity contribution in [3.05, 3.63) is 0 Å². The smallest absolute Gasteiger partial charge is 0.226 e. The lowest BCUT2D eigenvalue weighted by Crippen LogP contribution is -2.38. The third-order valence-corrected chi connectivity index (χ3v) is 4.09. The lowest BCUT2D eigenvalue weighted by molar-refractivity contribution is -0.134. The highest BCUT2D eigenvalue weighted by atomic mass is 16.2. The Hall–Kier alpha value is -0.610. The number of rotatable bonds is 4. The first-order valence-electron chi connectivity index (χ1n) is 7.49. The molecule has 4 nitrogen and oxygen atoms in total. The third-order valence-electron chi connectivity index (χ3n) is 4.09. The average Bonchev–Trinajstić information content (AvgIpc) is 2.55. The minimum absolute atomic E-state index is 0.141. The Morgan fingerprint density at radius 2 is 1.94 bits per heavy atom. The molecule has 104 valence electrons. The highest BCUT2D eigenvalue weighted by Gasteiger charge is 2.22. The molecule has 0 spiro atoms. The first-order chi connectivity index (χ1) is 8.77. The van der Waals surface area contributed by atoms with Crippen LogP contribution in [0.1, 0.15) is 32.6 Å². The van der Waals surface area contributed by atoms with Gasteiger partial charge >= 0.3 is 0 Å². The van der Waals surface area contributed by atoms with Crippen LogP contribution < -0.4 is 5.32 Å².